The second kappa shape index (κ2) is 6.60. The SMILES string of the molecule is CS(=O)(=O)N1CCC(N2C(=O)C3(CCCCC3)C2c2ccncc2)CC1. The summed E-state index contributed by atoms with van der Waals surface area (Å²) in [5.74, 6) is 0.289. The third kappa shape index (κ3) is 2.85. The van der Waals surface area contributed by atoms with Gasteiger partial charge in [-0.25, -0.2) is 12.7 Å². The maximum atomic E-state index is 13.3. The molecule has 2 aliphatic heterocycles. The van der Waals surface area contributed by atoms with Gasteiger partial charge in [0.25, 0.3) is 0 Å². The van der Waals surface area contributed by atoms with Crippen LogP contribution in [0.15, 0.2) is 24.5 Å². The first-order valence-corrected chi connectivity index (χ1v) is 11.5. The first kappa shape index (κ1) is 17.9. The minimum atomic E-state index is -3.15. The number of piperidine rings is 1. The molecule has 2 saturated heterocycles. The van der Waals surface area contributed by atoms with E-state index in [2.05, 4.69) is 9.88 Å². The summed E-state index contributed by atoms with van der Waals surface area (Å²) >= 11 is 0. The maximum absolute atomic E-state index is 13.3. The minimum absolute atomic E-state index is 0.119. The van der Waals surface area contributed by atoms with Crippen molar-refractivity contribution in [3.8, 4) is 0 Å². The van der Waals surface area contributed by atoms with E-state index in [1.165, 1.54) is 22.5 Å². The third-order valence-corrected chi connectivity index (χ3v) is 7.82. The normalized spacial score (nSPS) is 27.5. The van der Waals surface area contributed by atoms with Crippen LogP contribution in [0.2, 0.25) is 0 Å². The molecule has 0 radical (unpaired) electrons. The number of likely N-dealkylation sites (tertiary alicyclic amines) is 1. The highest BCUT2D eigenvalue weighted by molar-refractivity contribution is 7.88. The zero-order valence-corrected chi connectivity index (χ0v) is 16.1. The lowest BCUT2D eigenvalue weighted by Gasteiger charge is -2.61. The number of nitrogens with zero attached hydrogens (tertiary/aromatic N) is 3. The second-order valence-corrected chi connectivity index (χ2v) is 9.99. The number of sulfonamides is 1. The molecule has 1 saturated carbocycles. The van der Waals surface area contributed by atoms with Crippen LogP contribution in [0.25, 0.3) is 0 Å². The minimum Gasteiger partial charge on any atom is -0.331 e. The van der Waals surface area contributed by atoms with E-state index in [0.29, 0.717) is 13.1 Å². The van der Waals surface area contributed by atoms with E-state index in [1.54, 1.807) is 12.4 Å². The van der Waals surface area contributed by atoms with Crippen molar-refractivity contribution in [2.75, 3.05) is 19.3 Å². The van der Waals surface area contributed by atoms with E-state index >= 15 is 0 Å². The van der Waals surface area contributed by atoms with E-state index in [1.807, 2.05) is 12.1 Å². The number of hydrogen-bond acceptors (Lipinski definition) is 4. The fraction of sp³-hybridized carbons (Fsp3) is 0.684. The largest absolute Gasteiger partial charge is 0.331 e. The number of aromatic nitrogens is 1. The maximum Gasteiger partial charge on any atom is 0.232 e. The van der Waals surface area contributed by atoms with E-state index < -0.39 is 10.0 Å². The lowest BCUT2D eigenvalue weighted by Crippen LogP contribution is -2.67. The number of pyridine rings is 1. The molecule has 0 aromatic carbocycles. The lowest BCUT2D eigenvalue weighted by molar-refractivity contribution is -0.186. The van der Waals surface area contributed by atoms with Crippen molar-refractivity contribution >= 4 is 15.9 Å². The van der Waals surface area contributed by atoms with Gasteiger partial charge < -0.3 is 4.90 Å². The van der Waals surface area contributed by atoms with Crippen molar-refractivity contribution < 1.29 is 13.2 Å². The van der Waals surface area contributed by atoms with E-state index in [4.69, 9.17) is 0 Å². The Kier molecular flexibility index (Phi) is 4.55. The molecule has 1 amide bonds. The van der Waals surface area contributed by atoms with Gasteiger partial charge in [-0.1, -0.05) is 19.3 Å². The van der Waals surface area contributed by atoms with Crippen LogP contribution >= 0.6 is 0 Å². The van der Waals surface area contributed by atoms with Crippen LogP contribution in [0.4, 0.5) is 0 Å². The summed E-state index contributed by atoms with van der Waals surface area (Å²) in [6.07, 6.45) is 11.7. The summed E-state index contributed by atoms with van der Waals surface area (Å²) in [6.45, 7) is 1.01. The summed E-state index contributed by atoms with van der Waals surface area (Å²) in [5, 5.41) is 0. The molecule has 3 heterocycles. The molecule has 7 heteroatoms. The predicted octanol–water partition coefficient (Wildman–Crippen LogP) is 2.34. The number of carbonyl (C=O) groups is 1. The highest BCUT2D eigenvalue weighted by atomic mass is 32.2. The van der Waals surface area contributed by atoms with Crippen LogP contribution in [0.3, 0.4) is 0 Å². The van der Waals surface area contributed by atoms with Crippen LogP contribution in [0.5, 0.6) is 0 Å². The van der Waals surface area contributed by atoms with Crippen molar-refractivity contribution in [1.29, 1.82) is 0 Å². The van der Waals surface area contributed by atoms with Crippen molar-refractivity contribution in [2.24, 2.45) is 5.41 Å². The van der Waals surface area contributed by atoms with Crippen LogP contribution in [-0.2, 0) is 14.8 Å². The average molecular weight is 378 g/mol. The van der Waals surface area contributed by atoms with Gasteiger partial charge in [-0.05, 0) is 43.4 Å². The summed E-state index contributed by atoms with van der Waals surface area (Å²) in [7, 11) is -3.15. The Bertz CT molecular complexity index is 766. The predicted molar refractivity (Wildman–Crippen MR) is 98.8 cm³/mol. The van der Waals surface area contributed by atoms with Gasteiger partial charge in [0.2, 0.25) is 15.9 Å². The molecule has 1 spiro atoms. The topological polar surface area (TPSA) is 70.6 Å². The van der Waals surface area contributed by atoms with Crippen molar-refractivity contribution in [2.45, 2.75) is 57.0 Å². The zero-order chi connectivity index (χ0) is 18.4. The van der Waals surface area contributed by atoms with Gasteiger partial charge in [-0.15, -0.1) is 0 Å². The molecule has 0 N–H and O–H groups in total. The third-order valence-electron chi connectivity index (χ3n) is 6.52. The fourth-order valence-electron chi connectivity index (χ4n) is 5.22. The standard InChI is InChI=1S/C19H27N3O3S/c1-26(24,25)21-13-7-16(8-14-21)22-17(15-5-11-20-12-6-15)19(18(22)23)9-3-2-4-10-19/h5-6,11-12,16-17H,2-4,7-10,13-14H2,1H3. The molecular formula is C19H27N3O3S. The van der Waals surface area contributed by atoms with Crippen LogP contribution < -0.4 is 0 Å². The van der Waals surface area contributed by atoms with Crippen molar-refractivity contribution in [1.82, 2.24) is 14.2 Å². The summed E-state index contributed by atoms with van der Waals surface area (Å²) in [5.41, 5.74) is 0.931. The fourth-order valence-corrected chi connectivity index (χ4v) is 6.09. The Morgan fingerprint density at radius 2 is 1.69 bits per heavy atom. The second-order valence-electron chi connectivity index (χ2n) is 8.01. The Morgan fingerprint density at radius 3 is 2.27 bits per heavy atom. The number of rotatable bonds is 3. The van der Waals surface area contributed by atoms with Gasteiger partial charge in [0.15, 0.2) is 0 Å². The first-order chi connectivity index (χ1) is 12.4. The Morgan fingerprint density at radius 1 is 1.08 bits per heavy atom. The smallest absolute Gasteiger partial charge is 0.232 e. The van der Waals surface area contributed by atoms with Gasteiger partial charge in [0.05, 0.1) is 17.7 Å². The van der Waals surface area contributed by atoms with Gasteiger partial charge in [0, 0.05) is 31.5 Å². The van der Waals surface area contributed by atoms with E-state index in [-0.39, 0.29) is 23.4 Å². The molecule has 1 atom stereocenters. The Balaban J connectivity index is 1.58. The average Bonchev–Trinajstić information content (AvgIpc) is 2.66. The highest BCUT2D eigenvalue weighted by Gasteiger charge is 2.62. The summed E-state index contributed by atoms with van der Waals surface area (Å²) in [4.78, 5) is 19.5. The number of hydrogen-bond donors (Lipinski definition) is 0. The van der Waals surface area contributed by atoms with Crippen LogP contribution in [-0.4, -0.2) is 53.9 Å². The van der Waals surface area contributed by atoms with Crippen LogP contribution in [0.1, 0.15) is 56.6 Å². The molecule has 1 aliphatic carbocycles. The first-order valence-electron chi connectivity index (χ1n) is 9.61. The van der Waals surface area contributed by atoms with Crippen molar-refractivity contribution in [3.63, 3.8) is 0 Å². The van der Waals surface area contributed by atoms with Gasteiger partial charge in [0.1, 0.15) is 0 Å². The molecular weight excluding hydrogens is 350 g/mol. The monoisotopic (exact) mass is 377 g/mol. The highest BCUT2D eigenvalue weighted by Crippen LogP contribution is 2.59. The molecule has 1 aromatic rings. The number of amides is 1. The molecule has 4 rings (SSSR count). The van der Waals surface area contributed by atoms with Gasteiger partial charge >= 0.3 is 0 Å². The molecule has 1 unspecified atom stereocenters. The molecule has 26 heavy (non-hydrogen) atoms. The Hall–Kier alpha value is -1.47. The molecule has 6 nitrogen and oxygen atoms in total. The van der Waals surface area contributed by atoms with E-state index in [9.17, 15) is 13.2 Å². The number of carbonyl (C=O) groups excluding carboxylic acids is 1. The molecule has 3 aliphatic rings. The Labute approximate surface area is 155 Å². The van der Waals surface area contributed by atoms with E-state index in [0.717, 1.165) is 38.5 Å². The molecule has 1 aromatic heterocycles. The summed E-state index contributed by atoms with van der Waals surface area (Å²) < 4.78 is 25.1. The van der Waals surface area contributed by atoms with Crippen molar-refractivity contribution in [3.05, 3.63) is 30.1 Å². The molecule has 0 bridgehead atoms. The number of β-lactam (4-membered cyclic amide) rings is 1. The zero-order valence-electron chi connectivity index (χ0n) is 15.3. The van der Waals surface area contributed by atoms with Crippen LogP contribution in [0, 0.1) is 5.41 Å². The molecule has 142 valence electrons. The van der Waals surface area contributed by atoms with Gasteiger partial charge in [-0.2, -0.15) is 0 Å². The quantitative estimate of drug-likeness (QED) is 0.758. The van der Waals surface area contributed by atoms with Gasteiger partial charge in [-0.3, -0.25) is 9.78 Å². The summed E-state index contributed by atoms with van der Waals surface area (Å²) in [6, 6.07) is 4.32. The lowest BCUT2D eigenvalue weighted by atomic mass is 9.59. The molecule has 3 fully saturated rings.